The quantitative estimate of drug-likeness (QED) is 0.655. The van der Waals surface area contributed by atoms with E-state index in [0.717, 1.165) is 0 Å². The average Bonchev–Trinajstić information content (AvgIpc) is 2.27. The molecule has 0 heterocycles. The molecule has 0 fully saturated rings. The predicted molar refractivity (Wildman–Crippen MR) is 62.3 cm³/mol. The Kier molecular flexibility index (Phi) is 4.53. The van der Waals surface area contributed by atoms with Gasteiger partial charge in [-0.1, -0.05) is 0 Å². The van der Waals surface area contributed by atoms with Gasteiger partial charge in [-0.05, 0) is 25.5 Å². The van der Waals surface area contributed by atoms with Crippen molar-refractivity contribution in [3.8, 4) is 11.5 Å². The SMILES string of the molecule is CCOC(=O)Oc1cc(C)c(C(=O)O)c(OC)c1. The number of aryl methyl sites for hydroxylation is 1. The minimum atomic E-state index is -1.10. The van der Waals surface area contributed by atoms with Crippen LogP contribution in [0, 0.1) is 6.92 Å². The third-order valence-electron chi connectivity index (χ3n) is 2.17. The van der Waals surface area contributed by atoms with Gasteiger partial charge in [-0.15, -0.1) is 0 Å². The van der Waals surface area contributed by atoms with E-state index in [2.05, 4.69) is 4.74 Å². The molecule has 0 saturated heterocycles. The van der Waals surface area contributed by atoms with Crippen LogP contribution in [-0.2, 0) is 4.74 Å². The van der Waals surface area contributed by atoms with E-state index in [1.54, 1.807) is 13.8 Å². The maximum atomic E-state index is 11.1. The highest BCUT2D eigenvalue weighted by molar-refractivity contribution is 5.93. The molecule has 18 heavy (non-hydrogen) atoms. The normalized spacial score (nSPS) is 9.72. The molecule has 1 aromatic carbocycles. The average molecular weight is 254 g/mol. The van der Waals surface area contributed by atoms with E-state index in [-0.39, 0.29) is 23.7 Å². The lowest BCUT2D eigenvalue weighted by Crippen LogP contribution is -2.11. The Morgan fingerprint density at radius 2 is 2.00 bits per heavy atom. The van der Waals surface area contributed by atoms with Crippen molar-refractivity contribution >= 4 is 12.1 Å². The number of carbonyl (C=O) groups is 2. The number of aromatic carboxylic acids is 1. The molecule has 0 radical (unpaired) electrons. The fourth-order valence-corrected chi connectivity index (χ4v) is 1.46. The lowest BCUT2D eigenvalue weighted by atomic mass is 10.1. The van der Waals surface area contributed by atoms with Gasteiger partial charge >= 0.3 is 12.1 Å². The molecule has 0 unspecified atom stereocenters. The number of benzene rings is 1. The molecule has 6 nitrogen and oxygen atoms in total. The molecule has 0 atom stereocenters. The van der Waals surface area contributed by atoms with Crippen LogP contribution in [0.3, 0.4) is 0 Å². The summed E-state index contributed by atoms with van der Waals surface area (Å²) in [5, 5.41) is 9.02. The van der Waals surface area contributed by atoms with Crippen LogP contribution >= 0.6 is 0 Å². The van der Waals surface area contributed by atoms with Crippen LogP contribution in [0.15, 0.2) is 12.1 Å². The van der Waals surface area contributed by atoms with Gasteiger partial charge in [0.15, 0.2) is 0 Å². The van der Waals surface area contributed by atoms with Crippen molar-refractivity contribution in [1.29, 1.82) is 0 Å². The molecule has 0 aromatic heterocycles. The van der Waals surface area contributed by atoms with Crippen LogP contribution in [-0.4, -0.2) is 30.9 Å². The van der Waals surface area contributed by atoms with Gasteiger partial charge in [0.2, 0.25) is 0 Å². The smallest absolute Gasteiger partial charge is 0.496 e. The van der Waals surface area contributed by atoms with Crippen molar-refractivity contribution in [2.24, 2.45) is 0 Å². The van der Waals surface area contributed by atoms with Crippen molar-refractivity contribution < 1.29 is 28.9 Å². The highest BCUT2D eigenvalue weighted by atomic mass is 16.7. The number of hydrogen-bond acceptors (Lipinski definition) is 5. The van der Waals surface area contributed by atoms with Crippen LogP contribution in [0.5, 0.6) is 11.5 Å². The zero-order chi connectivity index (χ0) is 13.7. The summed E-state index contributed by atoms with van der Waals surface area (Å²) in [7, 11) is 1.34. The molecular weight excluding hydrogens is 240 g/mol. The number of carbonyl (C=O) groups excluding carboxylic acids is 1. The first kappa shape index (κ1) is 13.8. The molecule has 0 aliphatic rings. The van der Waals surface area contributed by atoms with Gasteiger partial charge in [0, 0.05) is 6.07 Å². The Labute approximate surface area is 104 Å². The van der Waals surface area contributed by atoms with Crippen LogP contribution in [0.2, 0.25) is 0 Å². The maximum absolute atomic E-state index is 11.1. The first-order chi connectivity index (χ1) is 8.49. The zero-order valence-corrected chi connectivity index (χ0v) is 10.4. The summed E-state index contributed by atoms with van der Waals surface area (Å²) in [5.41, 5.74) is 0.467. The van der Waals surface area contributed by atoms with Crippen molar-refractivity contribution in [1.82, 2.24) is 0 Å². The second kappa shape index (κ2) is 5.90. The summed E-state index contributed by atoms with van der Waals surface area (Å²) in [6.07, 6.45) is -0.845. The highest BCUT2D eigenvalue weighted by Crippen LogP contribution is 2.28. The third kappa shape index (κ3) is 3.13. The summed E-state index contributed by atoms with van der Waals surface area (Å²) in [5.74, 6) is -0.804. The first-order valence-corrected chi connectivity index (χ1v) is 5.26. The van der Waals surface area contributed by atoms with Crippen LogP contribution < -0.4 is 9.47 Å². The molecule has 1 aromatic rings. The van der Waals surface area contributed by atoms with Crippen LogP contribution in [0.1, 0.15) is 22.8 Å². The predicted octanol–water partition coefficient (Wildman–Crippen LogP) is 2.24. The standard InChI is InChI=1S/C12H14O6/c1-4-17-12(15)18-8-5-7(2)10(11(13)14)9(6-8)16-3/h5-6H,4H2,1-3H3,(H,13,14). The summed E-state index contributed by atoms with van der Waals surface area (Å²) >= 11 is 0. The zero-order valence-electron chi connectivity index (χ0n) is 10.4. The number of hydrogen-bond donors (Lipinski definition) is 1. The van der Waals surface area contributed by atoms with E-state index in [1.165, 1.54) is 19.2 Å². The summed E-state index contributed by atoms with van der Waals surface area (Å²) in [6.45, 7) is 3.44. The fraction of sp³-hybridized carbons (Fsp3) is 0.333. The van der Waals surface area contributed by atoms with Crippen molar-refractivity contribution in [3.05, 3.63) is 23.3 Å². The summed E-state index contributed by atoms with van der Waals surface area (Å²) in [6, 6.07) is 2.76. The second-order valence-corrected chi connectivity index (χ2v) is 3.41. The fourth-order valence-electron chi connectivity index (χ4n) is 1.46. The third-order valence-corrected chi connectivity index (χ3v) is 2.17. The van der Waals surface area contributed by atoms with Crippen LogP contribution in [0.4, 0.5) is 4.79 Å². The second-order valence-electron chi connectivity index (χ2n) is 3.41. The maximum Gasteiger partial charge on any atom is 0.513 e. The molecule has 0 aliphatic heterocycles. The molecular formula is C12H14O6. The molecule has 0 spiro atoms. The molecule has 0 amide bonds. The van der Waals surface area contributed by atoms with Crippen molar-refractivity contribution in [2.45, 2.75) is 13.8 Å². The molecule has 1 N–H and O–H groups in total. The van der Waals surface area contributed by atoms with E-state index in [4.69, 9.17) is 14.6 Å². The number of carboxylic acid groups (broad SMARTS) is 1. The molecule has 0 bridgehead atoms. The van der Waals surface area contributed by atoms with E-state index in [9.17, 15) is 9.59 Å². The molecule has 0 aliphatic carbocycles. The Bertz CT molecular complexity index is 466. The molecule has 98 valence electrons. The Morgan fingerprint density at radius 3 is 2.50 bits per heavy atom. The first-order valence-electron chi connectivity index (χ1n) is 5.26. The topological polar surface area (TPSA) is 82.1 Å². The van der Waals surface area contributed by atoms with Gasteiger partial charge in [0.1, 0.15) is 17.1 Å². The monoisotopic (exact) mass is 254 g/mol. The van der Waals surface area contributed by atoms with Gasteiger partial charge in [0.05, 0.1) is 13.7 Å². The van der Waals surface area contributed by atoms with E-state index < -0.39 is 12.1 Å². The summed E-state index contributed by atoms with van der Waals surface area (Å²) < 4.78 is 14.5. The van der Waals surface area contributed by atoms with E-state index in [0.29, 0.717) is 5.56 Å². The van der Waals surface area contributed by atoms with Gasteiger partial charge in [-0.2, -0.15) is 0 Å². The van der Waals surface area contributed by atoms with E-state index >= 15 is 0 Å². The van der Waals surface area contributed by atoms with Gasteiger partial charge < -0.3 is 19.3 Å². The number of ether oxygens (including phenoxy) is 3. The number of rotatable bonds is 4. The minimum absolute atomic E-state index is 0.0358. The number of carboxylic acids is 1. The van der Waals surface area contributed by atoms with Crippen molar-refractivity contribution in [2.75, 3.05) is 13.7 Å². The summed E-state index contributed by atoms with van der Waals surface area (Å²) in [4.78, 5) is 22.2. The Hall–Kier alpha value is -2.24. The van der Waals surface area contributed by atoms with Crippen molar-refractivity contribution in [3.63, 3.8) is 0 Å². The van der Waals surface area contributed by atoms with Gasteiger partial charge in [0.25, 0.3) is 0 Å². The number of methoxy groups -OCH3 is 1. The van der Waals surface area contributed by atoms with Gasteiger partial charge in [-0.25, -0.2) is 9.59 Å². The lowest BCUT2D eigenvalue weighted by Gasteiger charge is -2.11. The molecule has 6 heteroatoms. The lowest BCUT2D eigenvalue weighted by molar-refractivity contribution is 0.0692. The molecule has 0 saturated carbocycles. The Morgan fingerprint density at radius 1 is 1.33 bits per heavy atom. The van der Waals surface area contributed by atoms with E-state index in [1.807, 2.05) is 0 Å². The molecule has 1 rings (SSSR count). The highest BCUT2D eigenvalue weighted by Gasteiger charge is 2.17. The Balaban J connectivity index is 3.07. The minimum Gasteiger partial charge on any atom is -0.496 e. The van der Waals surface area contributed by atoms with Gasteiger partial charge in [-0.3, -0.25) is 0 Å². The largest absolute Gasteiger partial charge is 0.513 e. The van der Waals surface area contributed by atoms with Crippen LogP contribution in [0.25, 0.3) is 0 Å².